The highest BCUT2D eigenvalue weighted by molar-refractivity contribution is 6.02. The van der Waals surface area contributed by atoms with Crippen LogP contribution in [0.25, 0.3) is 0 Å². The predicted molar refractivity (Wildman–Crippen MR) is 64.3 cm³/mol. The molecule has 0 N–H and O–H groups in total. The lowest BCUT2D eigenvalue weighted by Gasteiger charge is -2.13. The van der Waals surface area contributed by atoms with Crippen LogP contribution in [0.15, 0.2) is 6.07 Å². The highest BCUT2D eigenvalue weighted by Crippen LogP contribution is 2.30. The molecule has 0 saturated carbocycles. The average Bonchev–Trinajstić information content (AvgIpc) is 2.65. The Labute approximate surface area is 101 Å². The Morgan fingerprint density at radius 1 is 1.35 bits per heavy atom. The third-order valence-corrected chi connectivity index (χ3v) is 3.46. The lowest BCUT2D eigenvalue weighted by Crippen LogP contribution is -2.10. The maximum Gasteiger partial charge on any atom is 0.309 e. The zero-order valence-electron chi connectivity index (χ0n) is 10.4. The van der Waals surface area contributed by atoms with E-state index in [0.29, 0.717) is 6.42 Å². The van der Waals surface area contributed by atoms with Crippen molar-refractivity contribution in [2.75, 3.05) is 7.11 Å². The van der Waals surface area contributed by atoms with Gasteiger partial charge in [-0.1, -0.05) is 6.07 Å². The molecule has 1 aliphatic rings. The van der Waals surface area contributed by atoms with Crippen molar-refractivity contribution in [2.45, 2.75) is 33.1 Å². The van der Waals surface area contributed by atoms with Crippen molar-refractivity contribution in [1.82, 2.24) is 0 Å². The first-order valence-corrected chi connectivity index (χ1v) is 5.76. The summed E-state index contributed by atoms with van der Waals surface area (Å²) in [4.78, 5) is 23.1. The van der Waals surface area contributed by atoms with Gasteiger partial charge in [-0.3, -0.25) is 9.59 Å². The number of benzene rings is 1. The summed E-state index contributed by atoms with van der Waals surface area (Å²) >= 11 is 0. The molecule has 0 atom stereocenters. The Hall–Kier alpha value is -1.64. The number of ketones is 1. The zero-order valence-corrected chi connectivity index (χ0v) is 10.4. The van der Waals surface area contributed by atoms with E-state index in [-0.39, 0.29) is 18.2 Å². The van der Waals surface area contributed by atoms with E-state index in [9.17, 15) is 9.59 Å². The molecular weight excluding hydrogens is 216 g/mol. The quantitative estimate of drug-likeness (QED) is 0.734. The van der Waals surface area contributed by atoms with Gasteiger partial charge < -0.3 is 4.74 Å². The van der Waals surface area contributed by atoms with Crippen LogP contribution in [0.4, 0.5) is 0 Å². The molecule has 0 aromatic heterocycles. The number of hydrogen-bond donors (Lipinski definition) is 0. The molecule has 17 heavy (non-hydrogen) atoms. The first-order chi connectivity index (χ1) is 8.04. The summed E-state index contributed by atoms with van der Waals surface area (Å²) in [7, 11) is 1.38. The first kappa shape index (κ1) is 11.8. The van der Waals surface area contributed by atoms with E-state index < -0.39 is 0 Å². The number of methoxy groups -OCH3 is 1. The van der Waals surface area contributed by atoms with E-state index in [4.69, 9.17) is 0 Å². The topological polar surface area (TPSA) is 43.4 Å². The number of ether oxygens (including phenoxy) is 1. The van der Waals surface area contributed by atoms with Crippen LogP contribution in [-0.2, 0) is 22.4 Å². The van der Waals surface area contributed by atoms with Gasteiger partial charge in [-0.25, -0.2) is 0 Å². The summed E-state index contributed by atoms with van der Waals surface area (Å²) < 4.78 is 4.69. The molecule has 0 fully saturated rings. The molecule has 1 aromatic carbocycles. The molecule has 1 aromatic rings. The van der Waals surface area contributed by atoms with Gasteiger partial charge in [0, 0.05) is 12.0 Å². The van der Waals surface area contributed by atoms with Crippen LogP contribution in [0.3, 0.4) is 0 Å². The van der Waals surface area contributed by atoms with Gasteiger partial charge in [0.25, 0.3) is 0 Å². The molecular formula is C14H16O3. The fourth-order valence-electron chi connectivity index (χ4n) is 2.56. The van der Waals surface area contributed by atoms with Crippen LogP contribution >= 0.6 is 0 Å². The van der Waals surface area contributed by atoms with Gasteiger partial charge in [0.15, 0.2) is 5.78 Å². The molecule has 2 rings (SSSR count). The Bertz CT molecular complexity index is 501. The van der Waals surface area contributed by atoms with Crippen LogP contribution in [0.5, 0.6) is 0 Å². The van der Waals surface area contributed by atoms with E-state index in [2.05, 4.69) is 4.74 Å². The van der Waals surface area contributed by atoms with Crippen molar-refractivity contribution in [3.63, 3.8) is 0 Å². The van der Waals surface area contributed by atoms with Crippen LogP contribution in [0.1, 0.15) is 39.0 Å². The maximum atomic E-state index is 11.8. The largest absolute Gasteiger partial charge is 0.469 e. The summed E-state index contributed by atoms with van der Waals surface area (Å²) in [5.41, 5.74) is 4.91. The van der Waals surface area contributed by atoms with Gasteiger partial charge in [0.05, 0.1) is 13.5 Å². The van der Waals surface area contributed by atoms with Gasteiger partial charge in [-0.2, -0.15) is 0 Å². The molecule has 0 amide bonds. The SMILES string of the molecule is COC(=O)Cc1c(C)cc2c(c1C)C(=O)CC2. The second kappa shape index (κ2) is 4.32. The summed E-state index contributed by atoms with van der Waals surface area (Å²) in [5.74, 6) is -0.0646. The van der Waals surface area contributed by atoms with Crippen molar-refractivity contribution in [1.29, 1.82) is 0 Å². The van der Waals surface area contributed by atoms with Crippen molar-refractivity contribution in [3.8, 4) is 0 Å². The van der Waals surface area contributed by atoms with E-state index in [1.165, 1.54) is 7.11 Å². The van der Waals surface area contributed by atoms with Gasteiger partial charge in [-0.05, 0) is 42.5 Å². The average molecular weight is 232 g/mol. The van der Waals surface area contributed by atoms with Crippen LogP contribution in [-0.4, -0.2) is 18.9 Å². The molecule has 0 spiro atoms. The molecule has 0 aliphatic heterocycles. The van der Waals surface area contributed by atoms with Gasteiger partial charge in [-0.15, -0.1) is 0 Å². The number of fused-ring (bicyclic) bond motifs is 1. The number of carbonyl (C=O) groups is 2. The number of esters is 1. The van der Waals surface area contributed by atoms with Crippen molar-refractivity contribution >= 4 is 11.8 Å². The molecule has 90 valence electrons. The molecule has 0 bridgehead atoms. The summed E-state index contributed by atoms with van der Waals surface area (Å²) in [6.07, 6.45) is 1.67. The summed E-state index contributed by atoms with van der Waals surface area (Å²) in [5, 5.41) is 0. The molecule has 3 nitrogen and oxygen atoms in total. The Kier molecular flexibility index (Phi) is 3.01. The van der Waals surface area contributed by atoms with Crippen molar-refractivity contribution < 1.29 is 14.3 Å². The summed E-state index contributed by atoms with van der Waals surface area (Å²) in [6, 6.07) is 2.03. The molecule has 0 radical (unpaired) electrons. The smallest absolute Gasteiger partial charge is 0.309 e. The monoisotopic (exact) mass is 232 g/mol. The lowest BCUT2D eigenvalue weighted by molar-refractivity contribution is -0.139. The highest BCUT2D eigenvalue weighted by Gasteiger charge is 2.24. The molecule has 1 aliphatic carbocycles. The van der Waals surface area contributed by atoms with Gasteiger partial charge in [0.2, 0.25) is 0 Å². The number of Topliss-reactive ketones (excluding diaryl/α,β-unsaturated/α-hetero) is 1. The minimum atomic E-state index is -0.262. The van der Waals surface area contributed by atoms with Gasteiger partial charge in [0.1, 0.15) is 0 Å². The number of rotatable bonds is 2. The third-order valence-electron chi connectivity index (χ3n) is 3.46. The van der Waals surface area contributed by atoms with Crippen LogP contribution in [0.2, 0.25) is 0 Å². The maximum absolute atomic E-state index is 11.8. The van der Waals surface area contributed by atoms with Crippen molar-refractivity contribution in [2.24, 2.45) is 0 Å². The molecule has 0 saturated heterocycles. The van der Waals surface area contributed by atoms with Crippen LogP contribution in [0, 0.1) is 13.8 Å². The molecule has 3 heteroatoms. The Balaban J connectivity index is 2.50. The lowest BCUT2D eigenvalue weighted by atomic mass is 9.92. The molecule has 0 unspecified atom stereocenters. The summed E-state index contributed by atoms with van der Waals surface area (Å²) in [6.45, 7) is 3.90. The Morgan fingerprint density at radius 2 is 2.06 bits per heavy atom. The fraction of sp³-hybridized carbons (Fsp3) is 0.429. The number of hydrogen-bond acceptors (Lipinski definition) is 3. The van der Waals surface area contributed by atoms with E-state index in [1.54, 1.807) is 0 Å². The third kappa shape index (κ3) is 1.97. The van der Waals surface area contributed by atoms with E-state index >= 15 is 0 Å². The highest BCUT2D eigenvalue weighted by atomic mass is 16.5. The fourth-order valence-corrected chi connectivity index (χ4v) is 2.56. The minimum Gasteiger partial charge on any atom is -0.469 e. The Morgan fingerprint density at radius 3 is 2.71 bits per heavy atom. The van der Waals surface area contributed by atoms with Crippen LogP contribution < -0.4 is 0 Å². The van der Waals surface area contributed by atoms with Crippen molar-refractivity contribution in [3.05, 3.63) is 33.9 Å². The zero-order chi connectivity index (χ0) is 12.6. The van der Waals surface area contributed by atoms with E-state index in [0.717, 1.165) is 34.2 Å². The first-order valence-electron chi connectivity index (χ1n) is 5.76. The number of aryl methyl sites for hydroxylation is 2. The van der Waals surface area contributed by atoms with Gasteiger partial charge >= 0.3 is 5.97 Å². The standard InChI is InChI=1S/C14H16O3/c1-8-6-10-4-5-12(15)14(10)9(2)11(8)7-13(16)17-3/h6H,4-5,7H2,1-3H3. The second-order valence-electron chi connectivity index (χ2n) is 4.51. The molecule has 0 heterocycles. The minimum absolute atomic E-state index is 0.198. The second-order valence-corrected chi connectivity index (χ2v) is 4.51. The predicted octanol–water partition coefficient (Wildman–Crippen LogP) is 2.15. The van der Waals surface area contributed by atoms with E-state index in [1.807, 2.05) is 19.9 Å². The normalized spacial score (nSPS) is 13.7. The number of carbonyl (C=O) groups excluding carboxylic acids is 2.